The maximum Gasteiger partial charge on any atom is 0.136 e. The van der Waals surface area contributed by atoms with Crippen LogP contribution < -0.4 is 0 Å². The van der Waals surface area contributed by atoms with Crippen LogP contribution in [-0.4, -0.2) is 5.78 Å². The van der Waals surface area contributed by atoms with E-state index >= 15 is 0 Å². The fourth-order valence-corrected chi connectivity index (χ4v) is 6.47. The topological polar surface area (TPSA) is 17.1 Å². The number of fused-ring (bicyclic) bond motifs is 5. The van der Waals surface area contributed by atoms with Crippen molar-refractivity contribution in [1.29, 1.82) is 0 Å². The Morgan fingerprint density at radius 1 is 1.10 bits per heavy atom. The van der Waals surface area contributed by atoms with Crippen LogP contribution in [0.1, 0.15) is 71.6 Å². The maximum absolute atomic E-state index is 11.8. The van der Waals surface area contributed by atoms with Crippen molar-refractivity contribution in [3.8, 4) is 0 Å². The lowest BCUT2D eigenvalue weighted by Crippen LogP contribution is -2.48. The zero-order valence-electron chi connectivity index (χ0n) is 13.5. The van der Waals surface area contributed by atoms with Gasteiger partial charge in [0.2, 0.25) is 0 Å². The molecule has 118 valence electrons. The molecule has 0 bridgehead atoms. The van der Waals surface area contributed by atoms with Gasteiger partial charge in [-0.15, -0.1) is 12.4 Å². The van der Waals surface area contributed by atoms with Crippen molar-refractivity contribution in [2.45, 2.75) is 71.6 Å². The first-order chi connectivity index (χ1) is 9.53. The van der Waals surface area contributed by atoms with E-state index < -0.39 is 0 Å². The van der Waals surface area contributed by atoms with Crippen molar-refractivity contribution in [1.82, 2.24) is 0 Å². The number of carbonyl (C=O) groups excluding carboxylic acids is 1. The molecule has 0 spiro atoms. The maximum atomic E-state index is 11.8. The lowest BCUT2D eigenvalue weighted by atomic mass is 9.48. The number of rotatable bonds is 0. The van der Waals surface area contributed by atoms with E-state index in [4.69, 9.17) is 0 Å². The smallest absolute Gasteiger partial charge is 0.136 e. The van der Waals surface area contributed by atoms with Crippen LogP contribution in [0, 0.1) is 28.6 Å². The van der Waals surface area contributed by atoms with Crippen LogP contribution in [-0.2, 0) is 4.79 Å². The molecule has 3 fully saturated rings. The molecule has 4 aliphatic carbocycles. The molecule has 1 nitrogen and oxygen atoms in total. The highest BCUT2D eigenvalue weighted by Crippen LogP contribution is 2.64. The Morgan fingerprint density at radius 3 is 2.71 bits per heavy atom. The van der Waals surface area contributed by atoms with Crippen LogP contribution in [0.5, 0.6) is 0 Å². The predicted molar refractivity (Wildman–Crippen MR) is 88.6 cm³/mol. The van der Waals surface area contributed by atoms with Crippen LogP contribution in [0.3, 0.4) is 0 Å². The van der Waals surface area contributed by atoms with Gasteiger partial charge in [-0.25, -0.2) is 0 Å². The lowest BCUT2D eigenvalue weighted by Gasteiger charge is -2.56. The van der Waals surface area contributed by atoms with E-state index in [0.29, 0.717) is 16.6 Å². The van der Waals surface area contributed by atoms with Gasteiger partial charge in [0.1, 0.15) is 5.78 Å². The van der Waals surface area contributed by atoms with Gasteiger partial charge < -0.3 is 0 Å². The minimum absolute atomic E-state index is 0. The number of halogens is 1. The predicted octanol–water partition coefficient (Wildman–Crippen LogP) is 5.33. The molecule has 4 aliphatic rings. The number of hydrogen-bond acceptors (Lipinski definition) is 1. The molecule has 2 heteroatoms. The van der Waals surface area contributed by atoms with Gasteiger partial charge in [0.25, 0.3) is 0 Å². The number of ketones is 1. The summed E-state index contributed by atoms with van der Waals surface area (Å²) < 4.78 is 0. The van der Waals surface area contributed by atoms with Crippen LogP contribution >= 0.6 is 12.4 Å². The third-order valence-electron chi connectivity index (χ3n) is 7.72. The minimum atomic E-state index is 0. The fraction of sp³-hybridized carbons (Fsp3) is 0.842. The van der Waals surface area contributed by atoms with E-state index in [0.717, 1.165) is 37.0 Å². The highest BCUT2D eigenvalue weighted by atomic mass is 35.5. The molecule has 0 radical (unpaired) electrons. The van der Waals surface area contributed by atoms with E-state index in [2.05, 4.69) is 19.9 Å². The van der Waals surface area contributed by atoms with Gasteiger partial charge in [-0.2, -0.15) is 0 Å². The Labute approximate surface area is 135 Å². The molecule has 0 aromatic carbocycles. The largest absolute Gasteiger partial charge is 0.299 e. The van der Waals surface area contributed by atoms with Gasteiger partial charge >= 0.3 is 0 Å². The quantitative estimate of drug-likeness (QED) is 0.553. The van der Waals surface area contributed by atoms with Crippen LogP contribution in [0.15, 0.2) is 11.6 Å². The lowest BCUT2D eigenvalue weighted by molar-refractivity contribution is -0.122. The Hall–Kier alpha value is -0.300. The SMILES string of the molecule is C[C@@]12CCC[C@H]1[C@@H]1CC=C3CC(=O)CC[C@]3(C)[C@H]1CC2.Cl. The zero-order chi connectivity index (χ0) is 14.0. The summed E-state index contributed by atoms with van der Waals surface area (Å²) in [6.07, 6.45) is 13.7. The number of carbonyl (C=O) groups is 1. The second-order valence-corrected chi connectivity index (χ2v) is 8.56. The molecule has 21 heavy (non-hydrogen) atoms. The zero-order valence-corrected chi connectivity index (χ0v) is 14.3. The number of allylic oxidation sites excluding steroid dienone is 2. The van der Waals surface area contributed by atoms with E-state index in [1.54, 1.807) is 0 Å². The summed E-state index contributed by atoms with van der Waals surface area (Å²) in [6.45, 7) is 5.05. The summed E-state index contributed by atoms with van der Waals surface area (Å²) in [7, 11) is 0. The van der Waals surface area contributed by atoms with Crippen molar-refractivity contribution < 1.29 is 4.79 Å². The first-order valence-electron chi connectivity index (χ1n) is 8.74. The summed E-state index contributed by atoms with van der Waals surface area (Å²) >= 11 is 0. The summed E-state index contributed by atoms with van der Waals surface area (Å²) in [4.78, 5) is 11.8. The second kappa shape index (κ2) is 5.11. The third-order valence-corrected chi connectivity index (χ3v) is 7.72. The standard InChI is InChI=1S/C19H28O.ClH/c1-18-9-3-4-16(18)15-6-5-13-12-14(20)7-11-19(13,2)17(15)8-10-18;/h5,15-17H,3-4,6-12H2,1-2H3;1H/t15-,16-,17-,18-,19-;/m0./s1. The molecule has 0 unspecified atom stereocenters. The summed E-state index contributed by atoms with van der Waals surface area (Å²) in [5.74, 6) is 3.23. The molecule has 0 amide bonds. The van der Waals surface area contributed by atoms with Gasteiger partial charge in [-0.3, -0.25) is 4.79 Å². The molecule has 0 aromatic rings. The average molecular weight is 309 g/mol. The molecule has 3 saturated carbocycles. The van der Waals surface area contributed by atoms with Gasteiger partial charge in [-0.1, -0.05) is 31.9 Å². The molecule has 0 aromatic heterocycles. The van der Waals surface area contributed by atoms with Crippen LogP contribution in [0.2, 0.25) is 0 Å². The summed E-state index contributed by atoms with van der Waals surface area (Å²) in [5, 5.41) is 0. The van der Waals surface area contributed by atoms with Crippen molar-refractivity contribution >= 4 is 18.2 Å². The molecule has 5 atom stereocenters. The molecular weight excluding hydrogens is 280 g/mol. The first kappa shape index (κ1) is 15.6. The molecular formula is C19H29ClO. The number of hydrogen-bond donors (Lipinski definition) is 0. The molecule has 4 rings (SSSR count). The Kier molecular flexibility index (Phi) is 3.80. The highest BCUT2D eigenvalue weighted by molar-refractivity contribution is 5.85. The van der Waals surface area contributed by atoms with Crippen LogP contribution in [0.4, 0.5) is 0 Å². The molecule has 0 saturated heterocycles. The van der Waals surface area contributed by atoms with Crippen molar-refractivity contribution in [3.63, 3.8) is 0 Å². The molecule has 0 aliphatic heterocycles. The minimum Gasteiger partial charge on any atom is -0.299 e. The summed E-state index contributed by atoms with van der Waals surface area (Å²) in [6, 6.07) is 0. The normalized spacial score (nSPS) is 48.6. The fourth-order valence-electron chi connectivity index (χ4n) is 6.47. The highest BCUT2D eigenvalue weighted by Gasteiger charge is 2.55. The Balaban J connectivity index is 0.00000132. The van der Waals surface area contributed by atoms with Crippen LogP contribution in [0.25, 0.3) is 0 Å². The first-order valence-corrected chi connectivity index (χ1v) is 8.74. The van der Waals surface area contributed by atoms with Gasteiger partial charge in [-0.05, 0) is 67.1 Å². The molecule has 0 N–H and O–H groups in total. The van der Waals surface area contributed by atoms with Crippen molar-refractivity contribution in [3.05, 3.63) is 11.6 Å². The Bertz CT molecular complexity index is 482. The van der Waals surface area contributed by atoms with Crippen molar-refractivity contribution in [2.75, 3.05) is 0 Å². The van der Waals surface area contributed by atoms with Crippen molar-refractivity contribution in [2.24, 2.45) is 28.6 Å². The monoisotopic (exact) mass is 308 g/mol. The second-order valence-electron chi connectivity index (χ2n) is 8.56. The Morgan fingerprint density at radius 2 is 1.90 bits per heavy atom. The molecule has 0 heterocycles. The summed E-state index contributed by atoms with van der Waals surface area (Å²) in [5.41, 5.74) is 2.52. The third kappa shape index (κ3) is 2.14. The average Bonchev–Trinajstić information content (AvgIpc) is 2.81. The van der Waals surface area contributed by atoms with E-state index in [1.807, 2.05) is 0 Å². The van der Waals surface area contributed by atoms with Gasteiger partial charge in [0, 0.05) is 12.8 Å². The van der Waals surface area contributed by atoms with E-state index in [-0.39, 0.29) is 12.4 Å². The van der Waals surface area contributed by atoms with Gasteiger partial charge in [0.15, 0.2) is 0 Å². The number of Topliss-reactive ketones (excluding diaryl/α,β-unsaturated/α-hetero) is 1. The van der Waals surface area contributed by atoms with Gasteiger partial charge in [0.05, 0.1) is 0 Å². The van der Waals surface area contributed by atoms with E-state index in [1.165, 1.54) is 44.1 Å². The van der Waals surface area contributed by atoms with E-state index in [9.17, 15) is 4.79 Å².